The number of nitrogens with one attached hydrogen (secondary N) is 1. The molecule has 116 valence electrons. The zero-order chi connectivity index (χ0) is 15.5. The lowest BCUT2D eigenvalue weighted by Gasteiger charge is -2.07. The molecule has 2 aromatic rings. The van der Waals surface area contributed by atoms with Crippen LogP contribution in [0, 0.1) is 0 Å². The van der Waals surface area contributed by atoms with Crippen LogP contribution in [0.4, 0.5) is 5.69 Å². The van der Waals surface area contributed by atoms with Gasteiger partial charge < -0.3 is 9.88 Å². The van der Waals surface area contributed by atoms with E-state index in [0.717, 1.165) is 17.5 Å². The smallest absolute Gasteiger partial charge is 0.234 e. The number of carbonyl (C=O) groups excluding carboxylic acids is 1. The Morgan fingerprint density at radius 3 is 2.95 bits per heavy atom. The molecule has 5 nitrogen and oxygen atoms in total. The summed E-state index contributed by atoms with van der Waals surface area (Å²) in [5.41, 5.74) is 0.703. The molecule has 0 saturated heterocycles. The number of carbonyl (C=O) groups is 1. The Morgan fingerprint density at radius 2 is 2.27 bits per heavy atom. The van der Waals surface area contributed by atoms with Crippen molar-refractivity contribution >= 4 is 35.0 Å². The lowest BCUT2D eigenvalue weighted by molar-refractivity contribution is -0.113. The van der Waals surface area contributed by atoms with E-state index in [4.69, 9.17) is 11.6 Å². The summed E-state index contributed by atoms with van der Waals surface area (Å²) in [6, 6.07) is 7.12. The molecule has 0 aliphatic heterocycles. The molecule has 0 radical (unpaired) electrons. The number of rotatable bonds is 6. The van der Waals surface area contributed by atoms with Crippen molar-refractivity contribution in [3.05, 3.63) is 35.1 Å². The summed E-state index contributed by atoms with van der Waals surface area (Å²) >= 11 is 7.31. The van der Waals surface area contributed by atoms with E-state index in [-0.39, 0.29) is 5.91 Å². The maximum absolute atomic E-state index is 12.0. The highest BCUT2D eigenvalue weighted by molar-refractivity contribution is 7.99. The number of aromatic nitrogens is 3. The van der Waals surface area contributed by atoms with Crippen molar-refractivity contribution in [2.45, 2.75) is 37.4 Å². The highest BCUT2D eigenvalue weighted by Gasteiger charge is 2.30. The number of benzene rings is 1. The first-order valence-electron chi connectivity index (χ1n) is 7.28. The fraction of sp³-hybridized carbons (Fsp3) is 0.400. The Bertz CT molecular complexity index is 684. The Labute approximate surface area is 138 Å². The van der Waals surface area contributed by atoms with Gasteiger partial charge in [-0.15, -0.1) is 10.2 Å². The highest BCUT2D eigenvalue weighted by atomic mass is 35.5. The summed E-state index contributed by atoms with van der Waals surface area (Å²) in [6.45, 7) is 2.91. The quantitative estimate of drug-likeness (QED) is 0.819. The average molecular weight is 337 g/mol. The van der Waals surface area contributed by atoms with E-state index in [1.54, 1.807) is 18.2 Å². The minimum absolute atomic E-state index is 0.0779. The molecule has 0 unspecified atom stereocenters. The SMILES string of the molecule is CCn1c(SCC(=O)Nc2cccc(Cl)c2)nnc1C1CC1. The van der Waals surface area contributed by atoms with Gasteiger partial charge in [-0.2, -0.15) is 0 Å². The van der Waals surface area contributed by atoms with Crippen LogP contribution in [0.3, 0.4) is 0 Å². The Morgan fingerprint density at radius 1 is 1.45 bits per heavy atom. The van der Waals surface area contributed by atoms with Crippen LogP contribution < -0.4 is 5.32 Å². The van der Waals surface area contributed by atoms with E-state index >= 15 is 0 Å². The molecular weight excluding hydrogens is 320 g/mol. The summed E-state index contributed by atoms with van der Waals surface area (Å²) in [5.74, 6) is 1.84. The molecule has 1 heterocycles. The summed E-state index contributed by atoms with van der Waals surface area (Å²) < 4.78 is 2.11. The van der Waals surface area contributed by atoms with E-state index in [9.17, 15) is 4.79 Å². The molecule has 1 fully saturated rings. The van der Waals surface area contributed by atoms with Crippen LogP contribution in [0.25, 0.3) is 0 Å². The lowest BCUT2D eigenvalue weighted by atomic mass is 10.3. The van der Waals surface area contributed by atoms with E-state index in [1.807, 2.05) is 6.07 Å². The first-order chi connectivity index (χ1) is 10.7. The number of halogens is 1. The molecule has 1 saturated carbocycles. The normalized spacial score (nSPS) is 14.1. The van der Waals surface area contributed by atoms with E-state index < -0.39 is 0 Å². The molecule has 3 rings (SSSR count). The molecule has 1 aliphatic carbocycles. The van der Waals surface area contributed by atoms with Gasteiger partial charge in [-0.05, 0) is 38.0 Å². The fourth-order valence-corrected chi connectivity index (χ4v) is 3.24. The monoisotopic (exact) mass is 336 g/mol. The molecule has 1 amide bonds. The van der Waals surface area contributed by atoms with Crippen LogP contribution in [0.2, 0.25) is 5.02 Å². The number of amides is 1. The van der Waals surface area contributed by atoms with Crippen molar-refractivity contribution in [1.29, 1.82) is 0 Å². The van der Waals surface area contributed by atoms with Gasteiger partial charge in [0.2, 0.25) is 5.91 Å². The molecule has 0 atom stereocenters. The molecule has 1 aliphatic rings. The van der Waals surface area contributed by atoms with Gasteiger partial charge in [0.05, 0.1) is 5.75 Å². The number of anilines is 1. The van der Waals surface area contributed by atoms with Crippen molar-refractivity contribution in [1.82, 2.24) is 14.8 Å². The van der Waals surface area contributed by atoms with Crippen LogP contribution in [-0.4, -0.2) is 26.4 Å². The van der Waals surface area contributed by atoms with Crippen molar-refractivity contribution in [2.75, 3.05) is 11.1 Å². The Hall–Kier alpha value is -1.53. The lowest BCUT2D eigenvalue weighted by Crippen LogP contribution is -2.14. The summed E-state index contributed by atoms with van der Waals surface area (Å²) in [5, 5.41) is 12.7. The van der Waals surface area contributed by atoms with E-state index in [0.29, 0.717) is 22.4 Å². The molecule has 22 heavy (non-hydrogen) atoms. The van der Waals surface area contributed by atoms with Crippen LogP contribution >= 0.6 is 23.4 Å². The number of thioether (sulfide) groups is 1. The van der Waals surface area contributed by atoms with Gasteiger partial charge in [0.15, 0.2) is 5.16 Å². The highest BCUT2D eigenvalue weighted by Crippen LogP contribution is 2.39. The zero-order valence-corrected chi connectivity index (χ0v) is 13.8. The van der Waals surface area contributed by atoms with Gasteiger partial charge in [0.1, 0.15) is 5.82 Å². The van der Waals surface area contributed by atoms with Crippen molar-refractivity contribution in [2.24, 2.45) is 0 Å². The molecule has 7 heteroatoms. The van der Waals surface area contributed by atoms with Crippen molar-refractivity contribution < 1.29 is 4.79 Å². The third kappa shape index (κ3) is 3.62. The topological polar surface area (TPSA) is 59.8 Å². The van der Waals surface area contributed by atoms with Crippen molar-refractivity contribution in [3.63, 3.8) is 0 Å². The van der Waals surface area contributed by atoms with Gasteiger partial charge in [0, 0.05) is 23.2 Å². The molecule has 0 bridgehead atoms. The summed E-state index contributed by atoms with van der Waals surface area (Å²) in [7, 11) is 0. The summed E-state index contributed by atoms with van der Waals surface area (Å²) in [4.78, 5) is 12.0. The first kappa shape index (κ1) is 15.4. The first-order valence-corrected chi connectivity index (χ1v) is 8.65. The third-order valence-electron chi connectivity index (χ3n) is 3.44. The van der Waals surface area contributed by atoms with Crippen LogP contribution in [-0.2, 0) is 11.3 Å². The van der Waals surface area contributed by atoms with Gasteiger partial charge in [-0.1, -0.05) is 29.4 Å². The van der Waals surface area contributed by atoms with E-state index in [2.05, 4.69) is 27.0 Å². The molecule has 1 N–H and O–H groups in total. The maximum Gasteiger partial charge on any atom is 0.234 e. The molecule has 1 aromatic carbocycles. The van der Waals surface area contributed by atoms with Gasteiger partial charge in [0.25, 0.3) is 0 Å². The van der Waals surface area contributed by atoms with Gasteiger partial charge in [-0.3, -0.25) is 4.79 Å². The fourth-order valence-electron chi connectivity index (χ4n) is 2.24. The molecule has 1 aromatic heterocycles. The molecular formula is C15H17ClN4OS. The minimum Gasteiger partial charge on any atom is -0.325 e. The second kappa shape index (κ2) is 6.71. The van der Waals surface area contributed by atoms with Crippen LogP contribution in [0.15, 0.2) is 29.4 Å². The second-order valence-electron chi connectivity index (χ2n) is 5.21. The number of hydrogen-bond donors (Lipinski definition) is 1. The zero-order valence-electron chi connectivity index (χ0n) is 12.3. The summed E-state index contributed by atoms with van der Waals surface area (Å²) in [6.07, 6.45) is 2.39. The van der Waals surface area contributed by atoms with Crippen LogP contribution in [0.5, 0.6) is 0 Å². The van der Waals surface area contributed by atoms with Gasteiger partial charge in [-0.25, -0.2) is 0 Å². The third-order valence-corrected chi connectivity index (χ3v) is 4.65. The standard InChI is InChI=1S/C15H17ClN4OS/c1-2-20-14(10-6-7-10)18-19-15(20)22-9-13(21)17-12-5-3-4-11(16)8-12/h3-5,8,10H,2,6-7,9H2,1H3,(H,17,21). The van der Waals surface area contributed by atoms with E-state index in [1.165, 1.54) is 24.6 Å². The van der Waals surface area contributed by atoms with Crippen molar-refractivity contribution in [3.8, 4) is 0 Å². The largest absolute Gasteiger partial charge is 0.325 e. The van der Waals surface area contributed by atoms with Crippen LogP contribution in [0.1, 0.15) is 31.5 Å². The second-order valence-corrected chi connectivity index (χ2v) is 6.59. The Balaban J connectivity index is 1.59. The number of nitrogens with zero attached hydrogens (tertiary/aromatic N) is 3. The molecule has 0 spiro atoms. The predicted molar refractivity (Wildman–Crippen MR) is 88.5 cm³/mol. The predicted octanol–water partition coefficient (Wildman–Crippen LogP) is 3.56. The number of hydrogen-bond acceptors (Lipinski definition) is 4. The van der Waals surface area contributed by atoms with Gasteiger partial charge >= 0.3 is 0 Å². The maximum atomic E-state index is 12.0. The average Bonchev–Trinajstić information content (AvgIpc) is 3.25. The Kier molecular flexibility index (Phi) is 4.69. The minimum atomic E-state index is -0.0779.